The van der Waals surface area contributed by atoms with Crippen molar-refractivity contribution in [1.82, 2.24) is 9.80 Å². The van der Waals surface area contributed by atoms with Gasteiger partial charge in [-0.15, -0.1) is 11.8 Å². The van der Waals surface area contributed by atoms with Gasteiger partial charge in [-0.2, -0.15) is 5.26 Å². The number of aromatic hydroxyl groups is 1. The van der Waals surface area contributed by atoms with Crippen molar-refractivity contribution in [2.24, 2.45) is 0 Å². The van der Waals surface area contributed by atoms with Crippen LogP contribution in [0.3, 0.4) is 0 Å². The lowest BCUT2D eigenvalue weighted by molar-refractivity contribution is 0.220. The van der Waals surface area contributed by atoms with Crippen LogP contribution in [0.1, 0.15) is 17.5 Å². The third-order valence-corrected chi connectivity index (χ3v) is 7.22. The Kier molecular flexibility index (Phi) is 7.51. The van der Waals surface area contributed by atoms with Crippen molar-refractivity contribution < 1.29 is 9.32 Å². The Morgan fingerprint density at radius 3 is 2.28 bits per heavy atom. The van der Waals surface area contributed by atoms with Gasteiger partial charge in [-0.1, -0.05) is 42.5 Å². The number of nitriles is 1. The summed E-state index contributed by atoms with van der Waals surface area (Å²) in [5.41, 5.74) is 0.938. The van der Waals surface area contributed by atoms with Crippen LogP contribution in [0.4, 0.5) is 0 Å². The molecule has 0 radical (unpaired) electrons. The molecule has 1 heterocycles. The number of benzene rings is 2. The first-order valence-electron chi connectivity index (χ1n) is 9.58. The molecule has 29 heavy (non-hydrogen) atoms. The van der Waals surface area contributed by atoms with E-state index in [0.717, 1.165) is 41.6 Å². The number of phenols is 1. The zero-order valence-corrected chi connectivity index (χ0v) is 18.1. The Hall–Kier alpha value is -2.11. The summed E-state index contributed by atoms with van der Waals surface area (Å²) in [4.78, 5) is 4.41. The topological polar surface area (TPSA) is 67.6 Å². The quantitative estimate of drug-likeness (QED) is 0.740. The molecule has 1 saturated heterocycles. The van der Waals surface area contributed by atoms with Gasteiger partial charge in [-0.3, -0.25) is 4.90 Å². The van der Waals surface area contributed by atoms with E-state index in [1.54, 1.807) is 12.1 Å². The SMILES string of the molecule is CN1CCN(C(SCCC(C#N)(c2ccccc2)c2ccc(O)cc2)=S=O)CC1. The van der Waals surface area contributed by atoms with Gasteiger partial charge in [0.05, 0.1) is 6.07 Å². The van der Waals surface area contributed by atoms with Crippen molar-refractivity contribution in [3.05, 3.63) is 65.7 Å². The van der Waals surface area contributed by atoms with Crippen molar-refractivity contribution >= 4 is 27.3 Å². The second-order valence-corrected chi connectivity index (χ2v) is 9.06. The van der Waals surface area contributed by atoms with E-state index in [2.05, 4.69) is 22.9 Å². The lowest BCUT2D eigenvalue weighted by Crippen LogP contribution is -2.46. The molecule has 0 aromatic heterocycles. The van der Waals surface area contributed by atoms with Crippen molar-refractivity contribution in [2.75, 3.05) is 39.0 Å². The molecule has 0 saturated carbocycles. The Morgan fingerprint density at radius 2 is 1.69 bits per heavy atom. The van der Waals surface area contributed by atoms with Crippen LogP contribution in [0.25, 0.3) is 0 Å². The standard InChI is InChI=1S/C22H25N3O2S2/c1-24-12-14-25(15-13-24)21(29-27)28-16-11-22(17-23,18-5-3-2-4-6-18)19-7-9-20(26)10-8-19/h2-10,26H,11-16H2,1H3. The highest BCUT2D eigenvalue weighted by atomic mass is 32.2. The summed E-state index contributed by atoms with van der Waals surface area (Å²) in [6.07, 6.45) is 0.570. The Balaban J connectivity index is 1.80. The van der Waals surface area contributed by atoms with Crippen LogP contribution in [0.15, 0.2) is 54.6 Å². The van der Waals surface area contributed by atoms with E-state index < -0.39 is 5.41 Å². The molecule has 1 aliphatic rings. The number of hydrogen-bond donors (Lipinski definition) is 1. The predicted octanol–water partition coefficient (Wildman–Crippen LogP) is 2.87. The molecular formula is C22H25N3O2S2. The Bertz CT molecular complexity index is 900. The molecule has 152 valence electrons. The highest BCUT2D eigenvalue weighted by Gasteiger charge is 2.34. The second kappa shape index (κ2) is 10.1. The first-order valence-corrected chi connectivity index (χ1v) is 11.3. The van der Waals surface area contributed by atoms with Crippen LogP contribution in [0.2, 0.25) is 0 Å². The minimum Gasteiger partial charge on any atom is -0.508 e. The van der Waals surface area contributed by atoms with Gasteiger partial charge in [-0.25, -0.2) is 4.21 Å². The number of rotatable bonds is 5. The van der Waals surface area contributed by atoms with Crippen molar-refractivity contribution in [3.8, 4) is 11.8 Å². The number of piperazine rings is 1. The molecule has 1 N–H and O–H groups in total. The van der Waals surface area contributed by atoms with Gasteiger partial charge in [0.2, 0.25) is 0 Å². The molecule has 5 nitrogen and oxygen atoms in total. The van der Waals surface area contributed by atoms with Gasteiger partial charge >= 0.3 is 0 Å². The summed E-state index contributed by atoms with van der Waals surface area (Å²) in [5, 5.41) is 19.9. The highest BCUT2D eigenvalue weighted by Crippen LogP contribution is 2.37. The summed E-state index contributed by atoms with van der Waals surface area (Å²) in [5.74, 6) is 0.830. The molecule has 0 amide bonds. The van der Waals surface area contributed by atoms with Gasteiger partial charge < -0.3 is 10.0 Å². The maximum atomic E-state index is 11.7. The van der Waals surface area contributed by atoms with Gasteiger partial charge in [0, 0.05) is 31.9 Å². The molecule has 0 spiro atoms. The number of likely N-dealkylation sites (N-methyl/N-ethyl adjacent to an activating group) is 1. The zero-order chi connectivity index (χ0) is 20.7. The van der Waals surface area contributed by atoms with Crippen LogP contribution in [0, 0.1) is 11.3 Å². The van der Waals surface area contributed by atoms with E-state index in [9.17, 15) is 14.6 Å². The van der Waals surface area contributed by atoms with Crippen LogP contribution in [0.5, 0.6) is 5.75 Å². The smallest absolute Gasteiger partial charge is 0.146 e. The second-order valence-electron chi connectivity index (χ2n) is 7.17. The van der Waals surface area contributed by atoms with Crippen molar-refractivity contribution in [1.29, 1.82) is 5.26 Å². The molecule has 1 aliphatic heterocycles. The average Bonchev–Trinajstić information content (AvgIpc) is 2.76. The van der Waals surface area contributed by atoms with E-state index in [-0.39, 0.29) is 5.75 Å². The maximum Gasteiger partial charge on any atom is 0.146 e. The molecule has 3 rings (SSSR count). The lowest BCUT2D eigenvalue weighted by atomic mass is 9.74. The highest BCUT2D eigenvalue weighted by molar-refractivity contribution is 8.20. The average molecular weight is 428 g/mol. The summed E-state index contributed by atoms with van der Waals surface area (Å²) < 4.78 is 12.5. The lowest BCUT2D eigenvalue weighted by Gasteiger charge is -2.32. The predicted molar refractivity (Wildman–Crippen MR) is 120 cm³/mol. The molecule has 7 heteroatoms. The van der Waals surface area contributed by atoms with E-state index in [0.29, 0.717) is 23.4 Å². The molecule has 0 aliphatic carbocycles. The minimum absolute atomic E-state index is 0.177. The molecule has 1 unspecified atom stereocenters. The maximum absolute atomic E-state index is 11.7. The largest absolute Gasteiger partial charge is 0.508 e. The minimum atomic E-state index is -0.831. The van der Waals surface area contributed by atoms with Crippen LogP contribution >= 0.6 is 11.8 Å². The Morgan fingerprint density at radius 1 is 1.07 bits per heavy atom. The number of phenolic OH excluding ortho intramolecular Hbond substituents is 1. The fraction of sp³-hybridized carbons (Fsp3) is 0.364. The van der Waals surface area contributed by atoms with Crippen LogP contribution in [-0.2, 0) is 16.7 Å². The summed E-state index contributed by atoms with van der Waals surface area (Å²) >= 11 is 2.09. The monoisotopic (exact) mass is 427 g/mol. The fourth-order valence-corrected chi connectivity index (χ4v) is 5.24. The van der Waals surface area contributed by atoms with Gasteiger partial charge in [-0.05, 0) is 36.7 Å². The van der Waals surface area contributed by atoms with Crippen LogP contribution < -0.4 is 0 Å². The zero-order valence-electron chi connectivity index (χ0n) is 16.5. The first-order chi connectivity index (χ1) is 14.1. The normalized spacial score (nSPS) is 17.2. The van der Waals surface area contributed by atoms with Gasteiger partial charge in [0.25, 0.3) is 0 Å². The van der Waals surface area contributed by atoms with Crippen LogP contribution in [-0.4, -0.2) is 62.4 Å². The number of thioether (sulfide) groups is 1. The Labute approximate surface area is 180 Å². The summed E-state index contributed by atoms with van der Waals surface area (Å²) in [6.45, 7) is 3.61. The van der Waals surface area contributed by atoms with E-state index in [1.807, 2.05) is 42.5 Å². The third kappa shape index (κ3) is 5.09. The number of hydrogen-bond acceptors (Lipinski definition) is 5. The van der Waals surface area contributed by atoms with Crippen molar-refractivity contribution in [3.63, 3.8) is 0 Å². The molecule has 1 atom stereocenters. The van der Waals surface area contributed by atoms with E-state index >= 15 is 0 Å². The molecular weight excluding hydrogens is 402 g/mol. The van der Waals surface area contributed by atoms with Crippen molar-refractivity contribution in [2.45, 2.75) is 11.8 Å². The van der Waals surface area contributed by atoms with E-state index in [4.69, 9.17) is 0 Å². The molecule has 1 fully saturated rings. The molecule has 2 aromatic carbocycles. The molecule has 2 aromatic rings. The third-order valence-electron chi connectivity index (χ3n) is 5.35. The fourth-order valence-electron chi connectivity index (χ4n) is 3.56. The van der Waals surface area contributed by atoms with Gasteiger partial charge in [0.15, 0.2) is 0 Å². The summed E-state index contributed by atoms with van der Waals surface area (Å²) in [7, 11) is 2.09. The first kappa shape index (κ1) is 21.6. The molecule has 0 bridgehead atoms. The van der Waals surface area contributed by atoms with E-state index in [1.165, 1.54) is 11.8 Å². The summed E-state index contributed by atoms with van der Waals surface area (Å²) in [6, 6.07) is 19.1. The van der Waals surface area contributed by atoms with Gasteiger partial charge in [0.1, 0.15) is 26.7 Å². The number of nitrogens with zero attached hydrogens (tertiary/aromatic N) is 3.